The third kappa shape index (κ3) is 3.87. The van der Waals surface area contributed by atoms with Gasteiger partial charge in [-0.1, -0.05) is 24.3 Å². The van der Waals surface area contributed by atoms with Crippen molar-refractivity contribution < 1.29 is 14.3 Å². The number of aryl methyl sites for hydroxylation is 1. The molecule has 1 amide bonds. The Bertz CT molecular complexity index is 497. The van der Waals surface area contributed by atoms with Crippen molar-refractivity contribution in [3.8, 4) is 0 Å². The van der Waals surface area contributed by atoms with E-state index < -0.39 is 0 Å². The van der Waals surface area contributed by atoms with Gasteiger partial charge in [-0.05, 0) is 49.7 Å². The average molecular weight is 303 g/mol. The van der Waals surface area contributed by atoms with E-state index in [2.05, 4.69) is 29.6 Å². The van der Waals surface area contributed by atoms with Crippen LogP contribution in [0.3, 0.4) is 0 Å². The molecule has 3 rings (SSSR count). The lowest BCUT2D eigenvalue weighted by Crippen LogP contribution is -2.35. The SMILES string of the molecule is O=C(NCCCO[C@@H]1CCCc2ccccc21)[C@H]1CCCO1. The third-order valence-corrected chi connectivity index (χ3v) is 4.48. The van der Waals surface area contributed by atoms with Gasteiger partial charge in [-0.15, -0.1) is 0 Å². The fourth-order valence-electron chi connectivity index (χ4n) is 3.29. The fourth-order valence-corrected chi connectivity index (χ4v) is 3.29. The lowest BCUT2D eigenvalue weighted by atomic mass is 9.89. The summed E-state index contributed by atoms with van der Waals surface area (Å²) in [7, 11) is 0. The van der Waals surface area contributed by atoms with E-state index in [4.69, 9.17) is 9.47 Å². The summed E-state index contributed by atoms with van der Waals surface area (Å²) < 4.78 is 11.4. The lowest BCUT2D eigenvalue weighted by Gasteiger charge is -2.25. The van der Waals surface area contributed by atoms with Crippen LogP contribution >= 0.6 is 0 Å². The first kappa shape index (κ1) is 15.5. The van der Waals surface area contributed by atoms with Crippen LogP contribution in [-0.2, 0) is 20.7 Å². The summed E-state index contributed by atoms with van der Waals surface area (Å²) >= 11 is 0. The number of carbonyl (C=O) groups is 1. The Kier molecular flexibility index (Phi) is 5.46. The Morgan fingerprint density at radius 3 is 3.05 bits per heavy atom. The van der Waals surface area contributed by atoms with Crippen LogP contribution in [0.25, 0.3) is 0 Å². The van der Waals surface area contributed by atoms with Crippen LogP contribution in [-0.4, -0.2) is 31.8 Å². The highest BCUT2D eigenvalue weighted by Gasteiger charge is 2.23. The third-order valence-electron chi connectivity index (χ3n) is 4.48. The summed E-state index contributed by atoms with van der Waals surface area (Å²) in [5.74, 6) is 0.0283. The normalized spacial score (nSPS) is 24.0. The molecule has 0 bridgehead atoms. The number of fused-ring (bicyclic) bond motifs is 1. The van der Waals surface area contributed by atoms with Crippen LogP contribution in [0.15, 0.2) is 24.3 Å². The Balaban J connectivity index is 1.36. The maximum absolute atomic E-state index is 11.8. The second kappa shape index (κ2) is 7.75. The molecule has 120 valence electrons. The van der Waals surface area contributed by atoms with Gasteiger partial charge < -0.3 is 14.8 Å². The number of hydrogen-bond donors (Lipinski definition) is 1. The quantitative estimate of drug-likeness (QED) is 0.822. The molecule has 0 unspecified atom stereocenters. The maximum Gasteiger partial charge on any atom is 0.249 e. The molecule has 4 nitrogen and oxygen atoms in total. The molecule has 1 fully saturated rings. The Hall–Kier alpha value is -1.39. The number of ether oxygens (including phenoxy) is 2. The minimum Gasteiger partial charge on any atom is -0.373 e. The van der Waals surface area contributed by atoms with E-state index in [1.54, 1.807) is 0 Å². The van der Waals surface area contributed by atoms with Gasteiger partial charge in [0.2, 0.25) is 5.91 Å². The van der Waals surface area contributed by atoms with Crippen LogP contribution in [0.4, 0.5) is 0 Å². The van der Waals surface area contributed by atoms with E-state index in [1.165, 1.54) is 17.5 Å². The van der Waals surface area contributed by atoms with Crippen molar-refractivity contribution in [2.75, 3.05) is 19.8 Å². The molecule has 2 aliphatic rings. The van der Waals surface area contributed by atoms with Gasteiger partial charge in [0.25, 0.3) is 0 Å². The summed E-state index contributed by atoms with van der Waals surface area (Å²) in [5.41, 5.74) is 2.77. The molecule has 1 aliphatic heterocycles. The van der Waals surface area contributed by atoms with E-state index >= 15 is 0 Å². The molecule has 2 atom stereocenters. The van der Waals surface area contributed by atoms with Gasteiger partial charge in [0, 0.05) is 19.8 Å². The molecule has 4 heteroatoms. The smallest absolute Gasteiger partial charge is 0.249 e. The zero-order chi connectivity index (χ0) is 15.2. The van der Waals surface area contributed by atoms with E-state index in [9.17, 15) is 4.79 Å². The summed E-state index contributed by atoms with van der Waals surface area (Å²) in [6, 6.07) is 8.56. The summed E-state index contributed by atoms with van der Waals surface area (Å²) in [5, 5.41) is 2.94. The molecule has 1 aromatic rings. The van der Waals surface area contributed by atoms with Crippen LogP contribution in [0.2, 0.25) is 0 Å². The number of nitrogens with one attached hydrogen (secondary N) is 1. The molecule has 0 radical (unpaired) electrons. The molecule has 1 saturated heterocycles. The second-order valence-corrected chi connectivity index (χ2v) is 6.10. The Morgan fingerprint density at radius 2 is 2.18 bits per heavy atom. The number of amides is 1. The van der Waals surface area contributed by atoms with Crippen molar-refractivity contribution in [1.82, 2.24) is 5.32 Å². The van der Waals surface area contributed by atoms with Gasteiger partial charge in [0.15, 0.2) is 0 Å². The molecular formula is C18H25NO3. The van der Waals surface area contributed by atoms with Gasteiger partial charge in [0.1, 0.15) is 6.10 Å². The van der Waals surface area contributed by atoms with Crippen molar-refractivity contribution in [1.29, 1.82) is 0 Å². The van der Waals surface area contributed by atoms with Gasteiger partial charge >= 0.3 is 0 Å². The molecule has 1 aromatic carbocycles. The van der Waals surface area contributed by atoms with E-state index in [0.29, 0.717) is 19.8 Å². The zero-order valence-corrected chi connectivity index (χ0v) is 13.1. The average Bonchev–Trinajstić information content (AvgIpc) is 3.09. The van der Waals surface area contributed by atoms with Gasteiger partial charge in [0.05, 0.1) is 6.10 Å². The van der Waals surface area contributed by atoms with E-state index in [1.807, 2.05) is 0 Å². The largest absolute Gasteiger partial charge is 0.373 e. The molecule has 1 aliphatic carbocycles. The molecule has 0 aromatic heterocycles. The van der Waals surface area contributed by atoms with Crippen molar-refractivity contribution in [3.05, 3.63) is 35.4 Å². The maximum atomic E-state index is 11.8. The molecule has 1 heterocycles. The number of rotatable bonds is 6. The predicted molar refractivity (Wildman–Crippen MR) is 84.7 cm³/mol. The standard InChI is InChI=1S/C18H25NO3/c20-18(17-10-4-12-22-17)19-11-5-13-21-16-9-3-7-14-6-1-2-8-15(14)16/h1-2,6,8,16-17H,3-5,7,9-13H2,(H,19,20)/t16-,17-/m1/s1. The monoisotopic (exact) mass is 303 g/mol. The van der Waals surface area contributed by atoms with Gasteiger partial charge in [-0.2, -0.15) is 0 Å². The van der Waals surface area contributed by atoms with E-state index in [-0.39, 0.29) is 18.1 Å². The number of hydrogen-bond acceptors (Lipinski definition) is 3. The van der Waals surface area contributed by atoms with Crippen LogP contribution in [0.1, 0.15) is 49.3 Å². The number of benzene rings is 1. The first-order chi connectivity index (χ1) is 10.8. The van der Waals surface area contributed by atoms with Crippen molar-refractivity contribution in [2.45, 2.75) is 50.7 Å². The summed E-state index contributed by atoms with van der Waals surface area (Å²) in [6.45, 7) is 2.06. The highest BCUT2D eigenvalue weighted by atomic mass is 16.5. The Morgan fingerprint density at radius 1 is 1.27 bits per heavy atom. The molecule has 0 saturated carbocycles. The van der Waals surface area contributed by atoms with Crippen molar-refractivity contribution >= 4 is 5.91 Å². The zero-order valence-electron chi connectivity index (χ0n) is 13.1. The van der Waals surface area contributed by atoms with Crippen LogP contribution < -0.4 is 5.32 Å². The summed E-state index contributed by atoms with van der Waals surface area (Å²) in [6.07, 6.45) is 6.12. The highest BCUT2D eigenvalue weighted by Crippen LogP contribution is 2.32. The number of carbonyl (C=O) groups excluding carboxylic acids is 1. The lowest BCUT2D eigenvalue weighted by molar-refractivity contribution is -0.130. The summed E-state index contributed by atoms with van der Waals surface area (Å²) in [4.78, 5) is 11.8. The van der Waals surface area contributed by atoms with Crippen molar-refractivity contribution in [3.63, 3.8) is 0 Å². The topological polar surface area (TPSA) is 47.6 Å². The van der Waals surface area contributed by atoms with Crippen LogP contribution in [0.5, 0.6) is 0 Å². The predicted octanol–water partition coefficient (Wildman–Crippen LogP) is 2.77. The molecular weight excluding hydrogens is 278 g/mol. The first-order valence-electron chi connectivity index (χ1n) is 8.43. The van der Waals surface area contributed by atoms with Crippen LogP contribution in [0, 0.1) is 0 Å². The van der Waals surface area contributed by atoms with Gasteiger partial charge in [-0.3, -0.25) is 4.79 Å². The minimum absolute atomic E-state index is 0.0283. The highest BCUT2D eigenvalue weighted by molar-refractivity contribution is 5.80. The van der Waals surface area contributed by atoms with Gasteiger partial charge in [-0.25, -0.2) is 0 Å². The molecule has 0 spiro atoms. The molecule has 22 heavy (non-hydrogen) atoms. The Labute approximate surface area is 132 Å². The first-order valence-corrected chi connectivity index (χ1v) is 8.43. The second-order valence-electron chi connectivity index (χ2n) is 6.10. The minimum atomic E-state index is -0.230. The molecule has 1 N–H and O–H groups in total. The van der Waals surface area contributed by atoms with E-state index in [0.717, 1.165) is 32.1 Å². The van der Waals surface area contributed by atoms with Crippen molar-refractivity contribution in [2.24, 2.45) is 0 Å². The fraction of sp³-hybridized carbons (Fsp3) is 0.611.